The van der Waals surface area contributed by atoms with Crippen molar-refractivity contribution >= 4 is 17.0 Å². The second-order valence-electron chi connectivity index (χ2n) is 6.18. The van der Waals surface area contributed by atoms with Crippen molar-refractivity contribution in [1.29, 1.82) is 0 Å². The summed E-state index contributed by atoms with van der Waals surface area (Å²) in [6.45, 7) is 6.69. The van der Waals surface area contributed by atoms with Crippen molar-refractivity contribution in [1.82, 2.24) is 9.88 Å². The van der Waals surface area contributed by atoms with Crippen LogP contribution in [0.5, 0.6) is 0 Å². The van der Waals surface area contributed by atoms with Gasteiger partial charge in [0, 0.05) is 19.0 Å². The molecule has 1 aromatic heterocycles. The lowest BCUT2D eigenvalue weighted by Crippen LogP contribution is -2.33. The van der Waals surface area contributed by atoms with E-state index in [1.165, 1.54) is 4.57 Å². The minimum atomic E-state index is -0.415. The number of nitrogens with one attached hydrogen (secondary N) is 1. The Hall–Kier alpha value is -2.04. The molecule has 1 aromatic carbocycles. The molecule has 0 aliphatic rings. The zero-order chi connectivity index (χ0) is 16.1. The van der Waals surface area contributed by atoms with E-state index in [-0.39, 0.29) is 18.4 Å². The summed E-state index contributed by atoms with van der Waals surface area (Å²) < 4.78 is 6.66. The fourth-order valence-electron chi connectivity index (χ4n) is 2.44. The van der Waals surface area contributed by atoms with Crippen molar-refractivity contribution < 1.29 is 9.21 Å². The predicted octanol–water partition coefficient (Wildman–Crippen LogP) is 2.93. The second kappa shape index (κ2) is 7.29. The Kier molecular flexibility index (Phi) is 5.41. The first-order valence-electron chi connectivity index (χ1n) is 7.85. The number of nitrogens with zero attached hydrogens (tertiary/aromatic N) is 1. The lowest BCUT2D eigenvalue weighted by Gasteiger charge is -2.15. The largest absolute Gasteiger partial charge is 0.419 e. The highest BCUT2D eigenvalue weighted by Gasteiger charge is 2.12. The highest BCUT2D eigenvalue weighted by atomic mass is 16.4. The molecule has 1 N–H and O–H groups in total. The molecular weight excluding hydrogens is 280 g/mol. The predicted molar refractivity (Wildman–Crippen MR) is 86.8 cm³/mol. The van der Waals surface area contributed by atoms with Crippen LogP contribution in [0, 0.1) is 5.92 Å². The van der Waals surface area contributed by atoms with Gasteiger partial charge in [-0.3, -0.25) is 9.36 Å². The van der Waals surface area contributed by atoms with Gasteiger partial charge >= 0.3 is 5.76 Å². The fraction of sp³-hybridized carbons (Fsp3) is 0.529. The molecule has 0 radical (unpaired) electrons. The van der Waals surface area contributed by atoms with Crippen LogP contribution < -0.4 is 11.1 Å². The van der Waals surface area contributed by atoms with Gasteiger partial charge < -0.3 is 9.73 Å². The number of fused-ring (bicyclic) bond motifs is 1. The quantitative estimate of drug-likeness (QED) is 0.855. The molecule has 120 valence electrons. The number of amides is 1. The van der Waals surface area contributed by atoms with E-state index < -0.39 is 5.76 Å². The number of aryl methyl sites for hydroxylation is 1. The zero-order valence-electron chi connectivity index (χ0n) is 13.5. The highest BCUT2D eigenvalue weighted by Crippen LogP contribution is 2.12. The van der Waals surface area contributed by atoms with Gasteiger partial charge in [0.2, 0.25) is 5.91 Å². The number of hydrogen-bond acceptors (Lipinski definition) is 3. The van der Waals surface area contributed by atoms with Gasteiger partial charge in [0.05, 0.1) is 5.52 Å². The van der Waals surface area contributed by atoms with Crippen molar-refractivity contribution in [3.63, 3.8) is 0 Å². The van der Waals surface area contributed by atoms with Gasteiger partial charge in [-0.05, 0) is 37.8 Å². The molecule has 2 rings (SSSR count). The van der Waals surface area contributed by atoms with Crippen LogP contribution >= 0.6 is 0 Å². The molecule has 1 heterocycles. The molecule has 0 saturated heterocycles. The maximum absolute atomic E-state index is 12.0. The molecular formula is C17H24N2O3. The molecule has 0 bridgehead atoms. The van der Waals surface area contributed by atoms with Crippen molar-refractivity contribution in [2.45, 2.75) is 52.6 Å². The van der Waals surface area contributed by atoms with Crippen LogP contribution in [0.3, 0.4) is 0 Å². The minimum Gasteiger partial charge on any atom is -0.408 e. The number of rotatable bonds is 7. The molecule has 0 unspecified atom stereocenters. The summed E-state index contributed by atoms with van der Waals surface area (Å²) in [7, 11) is 0. The average Bonchev–Trinajstić information content (AvgIpc) is 2.78. The molecule has 0 aliphatic heterocycles. The molecule has 0 fully saturated rings. The van der Waals surface area contributed by atoms with Crippen molar-refractivity contribution in [3.8, 4) is 0 Å². The monoisotopic (exact) mass is 304 g/mol. The molecule has 0 aliphatic carbocycles. The number of para-hydroxylation sites is 2. The van der Waals surface area contributed by atoms with Crippen LogP contribution in [0.1, 0.15) is 40.0 Å². The number of hydrogen-bond donors (Lipinski definition) is 1. The number of carbonyl (C=O) groups is 1. The smallest absolute Gasteiger partial charge is 0.408 e. The normalized spacial score (nSPS) is 12.7. The van der Waals surface area contributed by atoms with Crippen LogP contribution in [-0.2, 0) is 11.3 Å². The van der Waals surface area contributed by atoms with Crippen LogP contribution in [0.25, 0.3) is 11.1 Å². The molecule has 0 spiro atoms. The Morgan fingerprint density at radius 1 is 1.23 bits per heavy atom. The molecule has 5 heteroatoms. The lowest BCUT2D eigenvalue weighted by atomic mass is 10.0. The zero-order valence-corrected chi connectivity index (χ0v) is 13.5. The summed E-state index contributed by atoms with van der Waals surface area (Å²) in [5.74, 6) is 0.186. The highest BCUT2D eigenvalue weighted by molar-refractivity contribution is 5.77. The third kappa shape index (κ3) is 4.23. The van der Waals surface area contributed by atoms with Gasteiger partial charge in [-0.25, -0.2) is 4.79 Å². The third-order valence-electron chi connectivity index (χ3n) is 3.72. The third-order valence-corrected chi connectivity index (χ3v) is 3.72. The Bertz CT molecular complexity index is 685. The first-order chi connectivity index (χ1) is 10.5. The first-order valence-corrected chi connectivity index (χ1v) is 7.85. The summed E-state index contributed by atoms with van der Waals surface area (Å²) in [5.41, 5.74) is 1.28. The van der Waals surface area contributed by atoms with Crippen molar-refractivity contribution in [2.75, 3.05) is 0 Å². The maximum Gasteiger partial charge on any atom is 0.419 e. The van der Waals surface area contributed by atoms with E-state index >= 15 is 0 Å². The van der Waals surface area contributed by atoms with E-state index in [4.69, 9.17) is 4.42 Å². The standard InChI is InChI=1S/C17H24N2O3/c1-12(2)8-9-13(3)18-16(20)10-11-19-14-6-4-5-7-15(14)22-17(19)21/h4-7,12-13H,8-11H2,1-3H3,(H,18,20)/t13-/m0/s1. The lowest BCUT2D eigenvalue weighted by molar-refractivity contribution is -0.121. The van der Waals surface area contributed by atoms with Gasteiger partial charge in [-0.1, -0.05) is 26.0 Å². The summed E-state index contributed by atoms with van der Waals surface area (Å²) in [4.78, 5) is 23.8. The number of aromatic nitrogens is 1. The summed E-state index contributed by atoms with van der Waals surface area (Å²) in [6, 6.07) is 7.40. The summed E-state index contributed by atoms with van der Waals surface area (Å²) in [5, 5.41) is 2.98. The van der Waals surface area contributed by atoms with Crippen LogP contribution in [-0.4, -0.2) is 16.5 Å². The maximum atomic E-state index is 12.0. The van der Waals surface area contributed by atoms with Crippen LogP contribution in [0.4, 0.5) is 0 Å². The molecule has 22 heavy (non-hydrogen) atoms. The second-order valence-corrected chi connectivity index (χ2v) is 6.18. The SMILES string of the molecule is CC(C)CC[C@H](C)NC(=O)CCn1c(=O)oc2ccccc21. The summed E-state index contributed by atoms with van der Waals surface area (Å²) in [6.07, 6.45) is 2.33. The van der Waals surface area contributed by atoms with E-state index in [2.05, 4.69) is 19.2 Å². The summed E-state index contributed by atoms with van der Waals surface area (Å²) >= 11 is 0. The van der Waals surface area contributed by atoms with Gasteiger partial charge in [-0.15, -0.1) is 0 Å². The van der Waals surface area contributed by atoms with Gasteiger partial charge in [0.25, 0.3) is 0 Å². The van der Waals surface area contributed by atoms with E-state index in [1.54, 1.807) is 6.07 Å². The molecule has 1 amide bonds. The Labute approximate surface area is 130 Å². The van der Waals surface area contributed by atoms with Gasteiger partial charge in [0.1, 0.15) is 0 Å². The molecule has 1 atom stereocenters. The fourth-order valence-corrected chi connectivity index (χ4v) is 2.44. The minimum absolute atomic E-state index is 0.0339. The Morgan fingerprint density at radius 2 is 1.95 bits per heavy atom. The number of benzene rings is 1. The van der Waals surface area contributed by atoms with E-state index in [0.29, 0.717) is 18.0 Å². The molecule has 2 aromatic rings. The van der Waals surface area contributed by atoms with E-state index in [1.807, 2.05) is 25.1 Å². The van der Waals surface area contributed by atoms with Gasteiger partial charge in [0.15, 0.2) is 5.58 Å². The van der Waals surface area contributed by atoms with E-state index in [9.17, 15) is 9.59 Å². The van der Waals surface area contributed by atoms with Crippen molar-refractivity contribution in [3.05, 3.63) is 34.8 Å². The van der Waals surface area contributed by atoms with Crippen LogP contribution in [0.2, 0.25) is 0 Å². The number of carbonyl (C=O) groups excluding carboxylic acids is 1. The average molecular weight is 304 g/mol. The molecule has 0 saturated carbocycles. The first kappa shape index (κ1) is 16.3. The number of oxazole rings is 1. The Morgan fingerprint density at radius 3 is 2.68 bits per heavy atom. The Balaban J connectivity index is 1.90. The van der Waals surface area contributed by atoms with Gasteiger partial charge in [-0.2, -0.15) is 0 Å². The molecule has 5 nitrogen and oxygen atoms in total. The van der Waals surface area contributed by atoms with Crippen LogP contribution in [0.15, 0.2) is 33.5 Å². The topological polar surface area (TPSA) is 64.2 Å². The van der Waals surface area contributed by atoms with E-state index in [0.717, 1.165) is 18.4 Å². The van der Waals surface area contributed by atoms with Crippen molar-refractivity contribution in [2.24, 2.45) is 5.92 Å².